The van der Waals surface area contributed by atoms with E-state index < -0.39 is 23.9 Å². The summed E-state index contributed by atoms with van der Waals surface area (Å²) in [5.74, 6) is -5.29. The molecule has 0 aromatic heterocycles. The molecule has 9 aromatic rings. The Balaban J connectivity index is 1.12. The first kappa shape index (κ1) is 42.2. The summed E-state index contributed by atoms with van der Waals surface area (Å²) < 4.78 is 0. The number of rotatable bonds is 12. The molecule has 66 heavy (non-hydrogen) atoms. The molecule has 9 aromatic carbocycles. The SMILES string of the molecule is O=C(O)c1cccc(-c2ccccc2-c2ccccc2-c2ccccc2-c2ccc(-c3ccccc3-c3ccccc3-c3ccccc3-c3cccc(C(=O)O)c3C(=O)O)cc2)c1C(=O)O. The van der Waals surface area contributed by atoms with Crippen LogP contribution in [0.15, 0.2) is 206 Å². The number of hydrogen-bond donors (Lipinski definition) is 4. The quantitative estimate of drug-likeness (QED) is 0.0948. The molecule has 0 spiro atoms. The van der Waals surface area contributed by atoms with Crippen LogP contribution in [0, 0.1) is 0 Å². The van der Waals surface area contributed by atoms with Gasteiger partial charge in [0.1, 0.15) is 0 Å². The summed E-state index contributed by atoms with van der Waals surface area (Å²) in [6, 6.07) is 64.2. The van der Waals surface area contributed by atoms with Crippen molar-refractivity contribution in [3.8, 4) is 89.0 Å². The van der Waals surface area contributed by atoms with Crippen molar-refractivity contribution >= 4 is 23.9 Å². The van der Waals surface area contributed by atoms with Crippen LogP contribution in [-0.4, -0.2) is 44.3 Å². The lowest BCUT2D eigenvalue weighted by Gasteiger charge is -2.19. The van der Waals surface area contributed by atoms with Crippen molar-refractivity contribution in [3.05, 3.63) is 229 Å². The first-order valence-electron chi connectivity index (χ1n) is 21.0. The number of carboxylic acids is 4. The standard InChI is InChI=1S/C58H38O8/c59-55(60)51-29-13-27-49(53(51)57(63)64)47-25-11-9-23-45(47)43-21-7-5-19-41(43)39-17-3-1-15-37(39)35-31-33-36(34-32-35)38-16-2-4-18-40(38)42-20-6-8-22-44(42)46-24-10-12-26-48(46)50-28-14-30-52(56(61)62)54(50)58(65)66/h1-34H,(H,59,60)(H,61,62)(H,63,64)(H,65,66). The zero-order valence-electron chi connectivity index (χ0n) is 35.1. The molecule has 8 nitrogen and oxygen atoms in total. The Hall–Kier alpha value is -9.14. The second kappa shape index (κ2) is 17.9. The summed E-state index contributed by atoms with van der Waals surface area (Å²) in [5.41, 5.74) is 11.4. The Morgan fingerprint density at radius 2 is 0.409 bits per heavy atom. The van der Waals surface area contributed by atoms with Crippen LogP contribution in [0.4, 0.5) is 0 Å². The highest BCUT2D eigenvalue weighted by molar-refractivity contribution is 6.10. The third-order valence-electron chi connectivity index (χ3n) is 11.8. The molecular weight excluding hydrogens is 825 g/mol. The molecule has 9 rings (SSSR count). The Bertz CT molecular complexity index is 3160. The van der Waals surface area contributed by atoms with Crippen LogP contribution in [0.5, 0.6) is 0 Å². The van der Waals surface area contributed by atoms with E-state index in [-0.39, 0.29) is 22.3 Å². The van der Waals surface area contributed by atoms with E-state index in [4.69, 9.17) is 0 Å². The molecule has 0 saturated heterocycles. The predicted octanol–water partition coefficient (Wildman–Crippen LogP) is 13.8. The van der Waals surface area contributed by atoms with Gasteiger partial charge in [0.15, 0.2) is 0 Å². The van der Waals surface area contributed by atoms with E-state index in [0.29, 0.717) is 22.3 Å². The third kappa shape index (κ3) is 7.80. The molecule has 0 atom stereocenters. The van der Waals surface area contributed by atoms with Gasteiger partial charge in [-0.05, 0) is 101 Å². The van der Waals surface area contributed by atoms with Gasteiger partial charge in [-0.1, -0.05) is 194 Å². The van der Waals surface area contributed by atoms with E-state index in [1.807, 2.05) is 121 Å². The average Bonchev–Trinajstić information content (AvgIpc) is 3.36. The minimum atomic E-state index is -1.33. The van der Waals surface area contributed by atoms with E-state index in [2.05, 4.69) is 48.5 Å². The van der Waals surface area contributed by atoms with Crippen LogP contribution in [0.1, 0.15) is 41.4 Å². The summed E-state index contributed by atoms with van der Waals surface area (Å²) in [6.45, 7) is 0. The van der Waals surface area contributed by atoms with E-state index in [1.165, 1.54) is 12.1 Å². The van der Waals surface area contributed by atoms with Crippen LogP contribution in [0.3, 0.4) is 0 Å². The van der Waals surface area contributed by atoms with Crippen LogP contribution in [0.25, 0.3) is 89.0 Å². The lowest BCUT2D eigenvalue weighted by molar-refractivity contribution is 0.0652. The largest absolute Gasteiger partial charge is 0.478 e. The highest BCUT2D eigenvalue weighted by atomic mass is 16.4. The van der Waals surface area contributed by atoms with E-state index in [9.17, 15) is 39.6 Å². The Morgan fingerprint density at radius 3 is 0.636 bits per heavy atom. The van der Waals surface area contributed by atoms with Crippen LogP contribution in [0.2, 0.25) is 0 Å². The van der Waals surface area contributed by atoms with Gasteiger partial charge in [0.2, 0.25) is 0 Å². The van der Waals surface area contributed by atoms with Gasteiger partial charge < -0.3 is 20.4 Å². The number of aromatic carboxylic acids is 4. The van der Waals surface area contributed by atoms with Gasteiger partial charge in [-0.15, -0.1) is 0 Å². The predicted molar refractivity (Wildman–Crippen MR) is 258 cm³/mol. The van der Waals surface area contributed by atoms with Crippen molar-refractivity contribution in [1.82, 2.24) is 0 Å². The lowest BCUT2D eigenvalue weighted by atomic mass is 9.84. The van der Waals surface area contributed by atoms with Crippen LogP contribution < -0.4 is 0 Å². The number of hydrogen-bond acceptors (Lipinski definition) is 4. The molecule has 0 aliphatic carbocycles. The molecule has 0 saturated carbocycles. The summed E-state index contributed by atoms with van der Waals surface area (Å²) in [6.07, 6.45) is 0. The van der Waals surface area contributed by atoms with Crippen molar-refractivity contribution in [1.29, 1.82) is 0 Å². The zero-order chi connectivity index (χ0) is 45.9. The van der Waals surface area contributed by atoms with Gasteiger partial charge in [0.05, 0.1) is 22.3 Å². The highest BCUT2D eigenvalue weighted by Gasteiger charge is 2.25. The first-order valence-corrected chi connectivity index (χ1v) is 21.0. The molecular formula is C58H38O8. The van der Waals surface area contributed by atoms with Crippen molar-refractivity contribution in [3.63, 3.8) is 0 Å². The Kier molecular flexibility index (Phi) is 11.5. The highest BCUT2D eigenvalue weighted by Crippen LogP contribution is 2.45. The molecule has 0 aliphatic rings. The summed E-state index contributed by atoms with van der Waals surface area (Å²) in [5, 5.41) is 40.3. The van der Waals surface area contributed by atoms with Gasteiger partial charge in [-0.25, -0.2) is 19.2 Å². The lowest BCUT2D eigenvalue weighted by Crippen LogP contribution is -2.10. The van der Waals surface area contributed by atoms with E-state index in [0.717, 1.165) is 66.8 Å². The van der Waals surface area contributed by atoms with Crippen molar-refractivity contribution in [2.75, 3.05) is 0 Å². The molecule has 0 amide bonds. The van der Waals surface area contributed by atoms with Gasteiger partial charge in [0.25, 0.3) is 0 Å². The molecule has 0 heterocycles. The number of carbonyl (C=O) groups is 4. The number of benzene rings is 9. The smallest absolute Gasteiger partial charge is 0.337 e. The molecule has 0 bridgehead atoms. The van der Waals surface area contributed by atoms with Crippen molar-refractivity contribution in [2.45, 2.75) is 0 Å². The molecule has 0 radical (unpaired) electrons. The molecule has 8 heteroatoms. The maximum atomic E-state index is 12.6. The summed E-state index contributed by atoms with van der Waals surface area (Å²) >= 11 is 0. The Labute approximate surface area is 379 Å². The minimum absolute atomic E-state index is 0.275. The average molecular weight is 863 g/mol. The molecule has 0 aliphatic heterocycles. The fourth-order valence-corrected chi connectivity index (χ4v) is 8.95. The maximum Gasteiger partial charge on any atom is 0.337 e. The second-order valence-electron chi connectivity index (χ2n) is 15.5. The Morgan fingerprint density at radius 1 is 0.212 bits per heavy atom. The van der Waals surface area contributed by atoms with Crippen LogP contribution in [-0.2, 0) is 0 Å². The minimum Gasteiger partial charge on any atom is -0.478 e. The second-order valence-corrected chi connectivity index (χ2v) is 15.5. The van der Waals surface area contributed by atoms with Crippen LogP contribution >= 0.6 is 0 Å². The van der Waals surface area contributed by atoms with Gasteiger partial charge >= 0.3 is 23.9 Å². The monoisotopic (exact) mass is 862 g/mol. The zero-order valence-corrected chi connectivity index (χ0v) is 35.1. The normalized spacial score (nSPS) is 10.9. The van der Waals surface area contributed by atoms with Crippen molar-refractivity contribution in [2.24, 2.45) is 0 Å². The summed E-state index contributed by atoms with van der Waals surface area (Å²) in [4.78, 5) is 49.4. The van der Waals surface area contributed by atoms with Crippen molar-refractivity contribution < 1.29 is 39.6 Å². The van der Waals surface area contributed by atoms with Gasteiger partial charge in [0, 0.05) is 0 Å². The first-order chi connectivity index (χ1) is 32.1. The van der Waals surface area contributed by atoms with E-state index in [1.54, 1.807) is 24.3 Å². The van der Waals surface area contributed by atoms with Gasteiger partial charge in [-0.3, -0.25) is 0 Å². The molecule has 318 valence electrons. The maximum absolute atomic E-state index is 12.6. The van der Waals surface area contributed by atoms with Gasteiger partial charge in [-0.2, -0.15) is 0 Å². The molecule has 0 fully saturated rings. The fourth-order valence-electron chi connectivity index (χ4n) is 8.95. The fraction of sp³-hybridized carbons (Fsp3) is 0. The van der Waals surface area contributed by atoms with E-state index >= 15 is 0 Å². The molecule has 0 unspecified atom stereocenters. The topological polar surface area (TPSA) is 149 Å². The summed E-state index contributed by atoms with van der Waals surface area (Å²) in [7, 11) is 0. The molecule has 4 N–H and O–H groups in total. The number of carboxylic acid groups (broad SMARTS) is 4. The third-order valence-corrected chi connectivity index (χ3v) is 11.8.